The van der Waals surface area contributed by atoms with E-state index in [-0.39, 0.29) is 5.13 Å². The lowest BCUT2D eigenvalue weighted by Crippen LogP contribution is -2.39. The monoisotopic (exact) mass is 321 g/mol. The summed E-state index contributed by atoms with van der Waals surface area (Å²) in [6, 6.07) is 7.18. The van der Waals surface area contributed by atoms with Gasteiger partial charge in [0.2, 0.25) is 11.0 Å². The summed E-state index contributed by atoms with van der Waals surface area (Å²) < 4.78 is 5.16. The van der Waals surface area contributed by atoms with Gasteiger partial charge < -0.3 is 15.8 Å². The SMILES string of the molecule is CCOc1nnc(NC(=O)N[C@@H](C(N)=O)c2ccccc2)s1. The number of aromatic nitrogens is 2. The molecule has 2 aromatic rings. The molecule has 22 heavy (non-hydrogen) atoms. The van der Waals surface area contributed by atoms with Gasteiger partial charge in [0, 0.05) is 0 Å². The number of hydrogen-bond acceptors (Lipinski definition) is 6. The molecule has 8 nitrogen and oxygen atoms in total. The largest absolute Gasteiger partial charge is 0.469 e. The molecule has 1 aromatic carbocycles. The highest BCUT2D eigenvalue weighted by molar-refractivity contribution is 7.17. The van der Waals surface area contributed by atoms with Crippen molar-refractivity contribution in [1.82, 2.24) is 15.5 Å². The van der Waals surface area contributed by atoms with Crippen LogP contribution in [-0.4, -0.2) is 28.7 Å². The summed E-state index contributed by atoms with van der Waals surface area (Å²) in [6.07, 6.45) is 0. The second-order valence-electron chi connectivity index (χ2n) is 4.15. The topological polar surface area (TPSA) is 119 Å². The molecule has 0 saturated carbocycles. The highest BCUT2D eigenvalue weighted by Crippen LogP contribution is 2.22. The zero-order chi connectivity index (χ0) is 15.9. The lowest BCUT2D eigenvalue weighted by molar-refractivity contribution is -0.119. The molecule has 0 bridgehead atoms. The third-order valence-electron chi connectivity index (χ3n) is 2.59. The number of nitrogens with two attached hydrogens (primary N) is 1. The molecule has 9 heteroatoms. The number of nitrogens with zero attached hydrogens (tertiary/aromatic N) is 2. The van der Waals surface area contributed by atoms with Crippen LogP contribution < -0.4 is 21.1 Å². The minimum absolute atomic E-state index is 0.261. The fourth-order valence-corrected chi connectivity index (χ4v) is 2.32. The summed E-state index contributed by atoms with van der Waals surface area (Å²) >= 11 is 1.08. The number of ether oxygens (including phenoxy) is 1. The Labute approximate surface area is 130 Å². The Morgan fingerprint density at radius 1 is 1.32 bits per heavy atom. The summed E-state index contributed by atoms with van der Waals surface area (Å²) in [7, 11) is 0. The Bertz CT molecular complexity index is 646. The standard InChI is InChI=1S/C13H15N5O3S/c1-2-21-13-18-17-12(22-13)16-11(20)15-9(10(14)19)8-6-4-3-5-7-8/h3-7,9H,2H2,1H3,(H2,14,19)(H2,15,16,17,20)/t9-/m1/s1. The number of rotatable bonds is 6. The number of primary amides is 1. The van der Waals surface area contributed by atoms with Crippen molar-refractivity contribution in [2.24, 2.45) is 5.73 Å². The predicted octanol–water partition coefficient (Wildman–Crippen LogP) is 1.28. The van der Waals surface area contributed by atoms with Gasteiger partial charge in [0.15, 0.2) is 0 Å². The number of amides is 3. The number of urea groups is 1. The third-order valence-corrected chi connectivity index (χ3v) is 3.34. The van der Waals surface area contributed by atoms with Gasteiger partial charge in [0.05, 0.1) is 6.61 Å². The third kappa shape index (κ3) is 4.16. The lowest BCUT2D eigenvalue weighted by atomic mass is 10.1. The van der Waals surface area contributed by atoms with Crippen LogP contribution in [0.15, 0.2) is 30.3 Å². The molecule has 2 rings (SSSR count). The van der Waals surface area contributed by atoms with Crippen LogP contribution in [0.1, 0.15) is 18.5 Å². The van der Waals surface area contributed by atoms with Gasteiger partial charge in [-0.25, -0.2) is 4.79 Å². The molecule has 0 fully saturated rings. The molecule has 4 N–H and O–H groups in total. The van der Waals surface area contributed by atoms with Crippen molar-refractivity contribution in [3.63, 3.8) is 0 Å². The molecule has 0 radical (unpaired) electrons. The normalized spacial score (nSPS) is 11.5. The second kappa shape index (κ2) is 7.36. The first-order valence-corrected chi connectivity index (χ1v) is 7.30. The van der Waals surface area contributed by atoms with E-state index < -0.39 is 18.0 Å². The van der Waals surface area contributed by atoms with Crippen LogP contribution in [0.4, 0.5) is 9.93 Å². The first-order chi connectivity index (χ1) is 10.6. The molecular formula is C13H15N5O3S. The van der Waals surface area contributed by atoms with Crippen molar-refractivity contribution in [2.75, 3.05) is 11.9 Å². The van der Waals surface area contributed by atoms with Crippen LogP contribution in [-0.2, 0) is 4.79 Å². The molecule has 3 amide bonds. The second-order valence-corrected chi connectivity index (χ2v) is 5.09. The van der Waals surface area contributed by atoms with Crippen molar-refractivity contribution >= 4 is 28.4 Å². The van der Waals surface area contributed by atoms with Crippen molar-refractivity contribution in [2.45, 2.75) is 13.0 Å². The van der Waals surface area contributed by atoms with E-state index in [4.69, 9.17) is 10.5 Å². The Balaban J connectivity index is 2.00. The maximum atomic E-state index is 11.9. The molecule has 1 heterocycles. The van der Waals surface area contributed by atoms with E-state index in [9.17, 15) is 9.59 Å². The molecule has 0 unspecified atom stereocenters. The van der Waals surface area contributed by atoms with Crippen molar-refractivity contribution in [1.29, 1.82) is 0 Å². The summed E-state index contributed by atoms with van der Waals surface area (Å²) in [4.78, 5) is 23.4. The number of benzene rings is 1. The molecule has 0 aliphatic carbocycles. The van der Waals surface area contributed by atoms with Crippen molar-refractivity contribution in [3.8, 4) is 5.19 Å². The van der Waals surface area contributed by atoms with Gasteiger partial charge in [-0.1, -0.05) is 35.4 Å². The number of carbonyl (C=O) groups is 2. The average molecular weight is 321 g/mol. The maximum absolute atomic E-state index is 11.9. The zero-order valence-electron chi connectivity index (χ0n) is 11.8. The van der Waals surface area contributed by atoms with Crippen LogP contribution in [0.25, 0.3) is 0 Å². The van der Waals surface area contributed by atoms with Gasteiger partial charge in [0.25, 0.3) is 5.19 Å². The molecule has 1 aromatic heterocycles. The van der Waals surface area contributed by atoms with E-state index in [1.54, 1.807) is 30.3 Å². The number of hydrogen-bond donors (Lipinski definition) is 3. The number of anilines is 1. The van der Waals surface area contributed by atoms with E-state index in [0.717, 1.165) is 11.3 Å². The van der Waals surface area contributed by atoms with Crippen molar-refractivity contribution < 1.29 is 14.3 Å². The van der Waals surface area contributed by atoms with E-state index in [2.05, 4.69) is 20.8 Å². The Kier molecular flexibility index (Phi) is 5.26. The van der Waals surface area contributed by atoms with Gasteiger partial charge in [0.1, 0.15) is 6.04 Å². The summed E-state index contributed by atoms with van der Waals surface area (Å²) in [5.41, 5.74) is 5.92. The number of carbonyl (C=O) groups excluding carboxylic acids is 2. The summed E-state index contributed by atoms with van der Waals surface area (Å²) in [6.45, 7) is 2.27. The quantitative estimate of drug-likeness (QED) is 0.740. The molecule has 116 valence electrons. The number of nitrogens with one attached hydrogen (secondary N) is 2. The van der Waals surface area contributed by atoms with Gasteiger partial charge in [-0.05, 0) is 23.8 Å². The van der Waals surface area contributed by atoms with E-state index in [0.29, 0.717) is 17.4 Å². The van der Waals surface area contributed by atoms with Gasteiger partial charge in [-0.3, -0.25) is 10.1 Å². The van der Waals surface area contributed by atoms with Crippen LogP contribution >= 0.6 is 11.3 Å². The first kappa shape index (κ1) is 15.7. The van der Waals surface area contributed by atoms with Gasteiger partial charge in [-0.15, -0.1) is 5.10 Å². The molecule has 0 aliphatic heterocycles. The maximum Gasteiger partial charge on any atom is 0.322 e. The minimum atomic E-state index is -0.930. The summed E-state index contributed by atoms with van der Waals surface area (Å²) in [5.74, 6) is -0.659. The van der Waals surface area contributed by atoms with Gasteiger partial charge >= 0.3 is 6.03 Å². The fourth-order valence-electron chi connectivity index (χ4n) is 1.67. The molecule has 0 aliphatic rings. The Hall–Kier alpha value is -2.68. The lowest BCUT2D eigenvalue weighted by Gasteiger charge is -2.15. The zero-order valence-corrected chi connectivity index (χ0v) is 12.6. The summed E-state index contributed by atoms with van der Waals surface area (Å²) in [5, 5.41) is 13.1. The predicted molar refractivity (Wildman–Crippen MR) is 81.6 cm³/mol. The first-order valence-electron chi connectivity index (χ1n) is 6.48. The molecule has 0 saturated heterocycles. The van der Waals surface area contributed by atoms with Crippen molar-refractivity contribution in [3.05, 3.63) is 35.9 Å². The molecular weight excluding hydrogens is 306 g/mol. The highest BCUT2D eigenvalue weighted by atomic mass is 32.1. The van der Waals surface area contributed by atoms with Gasteiger partial charge in [-0.2, -0.15) is 0 Å². The van der Waals surface area contributed by atoms with E-state index in [1.807, 2.05) is 6.92 Å². The molecule has 1 atom stereocenters. The molecule has 0 spiro atoms. The van der Waals surface area contributed by atoms with Crippen LogP contribution in [0.5, 0.6) is 5.19 Å². The van der Waals surface area contributed by atoms with Crippen LogP contribution in [0.3, 0.4) is 0 Å². The van der Waals surface area contributed by atoms with E-state index in [1.165, 1.54) is 0 Å². The average Bonchev–Trinajstić information content (AvgIpc) is 2.93. The fraction of sp³-hybridized carbons (Fsp3) is 0.231. The minimum Gasteiger partial charge on any atom is -0.469 e. The Morgan fingerprint density at radius 2 is 2.05 bits per heavy atom. The van der Waals surface area contributed by atoms with Crippen LogP contribution in [0.2, 0.25) is 0 Å². The smallest absolute Gasteiger partial charge is 0.322 e. The Morgan fingerprint density at radius 3 is 2.68 bits per heavy atom. The van der Waals surface area contributed by atoms with E-state index >= 15 is 0 Å². The van der Waals surface area contributed by atoms with Crippen LogP contribution in [0, 0.1) is 0 Å². The highest BCUT2D eigenvalue weighted by Gasteiger charge is 2.20.